The Morgan fingerprint density at radius 1 is 1.04 bits per heavy atom. The average Bonchev–Trinajstić information content (AvgIpc) is 3.09. The predicted octanol–water partition coefficient (Wildman–Crippen LogP) is 5.48. The summed E-state index contributed by atoms with van der Waals surface area (Å²) >= 11 is 7.65. The lowest BCUT2D eigenvalue weighted by atomic mass is 10.2. The predicted molar refractivity (Wildman–Crippen MR) is 94.1 cm³/mol. The van der Waals surface area contributed by atoms with Crippen molar-refractivity contribution in [1.82, 2.24) is 0 Å². The number of amides is 1. The first-order chi connectivity index (χ1) is 11.2. The van der Waals surface area contributed by atoms with Gasteiger partial charge in [0, 0.05) is 4.90 Å². The molecule has 0 saturated heterocycles. The first-order valence-corrected chi connectivity index (χ1v) is 8.40. The Labute approximate surface area is 143 Å². The number of hydrogen-bond acceptors (Lipinski definition) is 3. The van der Waals surface area contributed by atoms with Gasteiger partial charge in [0.1, 0.15) is 5.76 Å². The molecule has 3 aromatic rings. The lowest BCUT2D eigenvalue weighted by Crippen LogP contribution is -2.13. The number of hydrogen-bond donors (Lipinski definition) is 1. The Morgan fingerprint density at radius 2 is 1.83 bits per heavy atom. The molecule has 1 amide bonds. The van der Waals surface area contributed by atoms with Gasteiger partial charge in [0.2, 0.25) is 0 Å². The van der Waals surface area contributed by atoms with Gasteiger partial charge >= 0.3 is 0 Å². The highest BCUT2D eigenvalue weighted by Crippen LogP contribution is 2.28. The van der Waals surface area contributed by atoms with Crippen LogP contribution in [0.5, 0.6) is 0 Å². The van der Waals surface area contributed by atoms with E-state index in [1.54, 1.807) is 36.2 Å². The third kappa shape index (κ3) is 3.97. The van der Waals surface area contributed by atoms with E-state index >= 15 is 0 Å². The van der Waals surface area contributed by atoms with E-state index in [1.807, 2.05) is 42.5 Å². The van der Waals surface area contributed by atoms with E-state index in [2.05, 4.69) is 5.32 Å². The van der Waals surface area contributed by atoms with Crippen molar-refractivity contribution in [3.8, 4) is 0 Å². The van der Waals surface area contributed by atoms with E-state index < -0.39 is 0 Å². The van der Waals surface area contributed by atoms with Crippen LogP contribution in [0.4, 0.5) is 5.69 Å². The zero-order chi connectivity index (χ0) is 16.1. The van der Waals surface area contributed by atoms with Crippen molar-refractivity contribution < 1.29 is 9.21 Å². The number of nitrogens with one attached hydrogen (secondary N) is 1. The molecular weight excluding hydrogens is 330 g/mol. The summed E-state index contributed by atoms with van der Waals surface area (Å²) in [6.07, 6.45) is 1.64. The number of rotatable bonds is 5. The fourth-order valence-electron chi connectivity index (χ4n) is 2.08. The molecule has 0 aliphatic heterocycles. The second-order valence-corrected chi connectivity index (χ2v) is 6.22. The minimum Gasteiger partial charge on any atom is -0.468 e. The van der Waals surface area contributed by atoms with Gasteiger partial charge in [-0.2, -0.15) is 0 Å². The SMILES string of the molecule is O=C(Nc1ccccc1Cl)c1ccccc1SCc1ccco1. The molecular formula is C18H14ClNO2S. The number of anilines is 1. The summed E-state index contributed by atoms with van der Waals surface area (Å²) in [5.74, 6) is 1.36. The van der Waals surface area contributed by atoms with E-state index in [4.69, 9.17) is 16.0 Å². The highest BCUT2D eigenvalue weighted by atomic mass is 35.5. The average molecular weight is 344 g/mol. The van der Waals surface area contributed by atoms with Crippen LogP contribution in [0.3, 0.4) is 0 Å². The molecule has 0 atom stereocenters. The van der Waals surface area contributed by atoms with Crippen LogP contribution in [-0.2, 0) is 5.75 Å². The molecule has 3 nitrogen and oxygen atoms in total. The molecule has 0 aliphatic rings. The lowest BCUT2D eigenvalue weighted by molar-refractivity contribution is 0.102. The van der Waals surface area contributed by atoms with Gasteiger partial charge in [-0.15, -0.1) is 11.8 Å². The van der Waals surface area contributed by atoms with Crippen molar-refractivity contribution in [1.29, 1.82) is 0 Å². The quantitative estimate of drug-likeness (QED) is 0.624. The molecule has 0 unspecified atom stereocenters. The van der Waals surface area contributed by atoms with Crippen LogP contribution < -0.4 is 5.32 Å². The van der Waals surface area contributed by atoms with Crippen molar-refractivity contribution in [2.45, 2.75) is 10.6 Å². The van der Waals surface area contributed by atoms with Gasteiger partial charge in [-0.1, -0.05) is 35.9 Å². The Bertz CT molecular complexity index is 802. The van der Waals surface area contributed by atoms with Crippen LogP contribution in [-0.4, -0.2) is 5.91 Å². The summed E-state index contributed by atoms with van der Waals surface area (Å²) in [6.45, 7) is 0. The zero-order valence-corrected chi connectivity index (χ0v) is 13.7. The van der Waals surface area contributed by atoms with E-state index in [0.29, 0.717) is 22.0 Å². The molecule has 0 aliphatic carbocycles. The van der Waals surface area contributed by atoms with Crippen LogP contribution >= 0.6 is 23.4 Å². The molecule has 23 heavy (non-hydrogen) atoms. The van der Waals surface area contributed by atoms with Gasteiger partial charge in [0.25, 0.3) is 5.91 Å². The number of halogens is 1. The summed E-state index contributed by atoms with van der Waals surface area (Å²) in [6, 6.07) is 18.4. The summed E-state index contributed by atoms with van der Waals surface area (Å²) in [4.78, 5) is 13.4. The topological polar surface area (TPSA) is 42.2 Å². The minimum absolute atomic E-state index is 0.180. The Balaban J connectivity index is 1.76. The lowest BCUT2D eigenvalue weighted by Gasteiger charge is -2.10. The fraction of sp³-hybridized carbons (Fsp3) is 0.0556. The van der Waals surface area contributed by atoms with Crippen molar-refractivity contribution in [3.05, 3.63) is 83.3 Å². The third-order valence-corrected chi connectivity index (χ3v) is 4.63. The minimum atomic E-state index is -0.180. The molecule has 0 spiro atoms. The normalized spacial score (nSPS) is 10.5. The molecule has 116 valence electrons. The number of furan rings is 1. The Kier molecular flexibility index (Phi) is 5.05. The fourth-order valence-corrected chi connectivity index (χ4v) is 3.21. The van der Waals surface area contributed by atoms with E-state index in [0.717, 1.165) is 10.7 Å². The smallest absolute Gasteiger partial charge is 0.256 e. The van der Waals surface area contributed by atoms with Crippen LogP contribution in [0, 0.1) is 0 Å². The molecule has 1 aromatic heterocycles. The van der Waals surface area contributed by atoms with Crippen LogP contribution in [0.25, 0.3) is 0 Å². The first kappa shape index (κ1) is 15.7. The van der Waals surface area contributed by atoms with Crippen molar-refractivity contribution in [2.75, 3.05) is 5.32 Å². The summed E-state index contributed by atoms with van der Waals surface area (Å²) < 4.78 is 5.33. The van der Waals surface area contributed by atoms with Crippen LogP contribution in [0.2, 0.25) is 5.02 Å². The van der Waals surface area contributed by atoms with Crippen LogP contribution in [0.1, 0.15) is 16.1 Å². The molecule has 0 radical (unpaired) electrons. The molecule has 0 bridgehead atoms. The van der Waals surface area contributed by atoms with E-state index in [9.17, 15) is 4.79 Å². The number of para-hydroxylation sites is 1. The summed E-state index contributed by atoms with van der Waals surface area (Å²) in [7, 11) is 0. The number of carbonyl (C=O) groups is 1. The number of thioether (sulfide) groups is 1. The van der Waals surface area contributed by atoms with Gasteiger partial charge in [-0.25, -0.2) is 0 Å². The van der Waals surface area contributed by atoms with Gasteiger partial charge in [-0.3, -0.25) is 4.79 Å². The van der Waals surface area contributed by atoms with Crippen molar-refractivity contribution in [2.24, 2.45) is 0 Å². The summed E-state index contributed by atoms with van der Waals surface area (Å²) in [5, 5.41) is 3.37. The highest BCUT2D eigenvalue weighted by Gasteiger charge is 2.13. The molecule has 1 N–H and O–H groups in total. The maximum Gasteiger partial charge on any atom is 0.256 e. The van der Waals surface area contributed by atoms with Gasteiger partial charge in [0.15, 0.2) is 0 Å². The molecule has 3 rings (SSSR count). The maximum atomic E-state index is 12.5. The number of carbonyl (C=O) groups excluding carboxylic acids is 1. The second kappa shape index (κ2) is 7.40. The van der Waals surface area contributed by atoms with Crippen molar-refractivity contribution in [3.63, 3.8) is 0 Å². The Morgan fingerprint density at radius 3 is 2.61 bits per heavy atom. The number of benzene rings is 2. The molecule has 0 fully saturated rings. The van der Waals surface area contributed by atoms with E-state index in [1.165, 1.54) is 0 Å². The molecule has 2 aromatic carbocycles. The third-order valence-electron chi connectivity index (χ3n) is 3.20. The maximum absolute atomic E-state index is 12.5. The highest BCUT2D eigenvalue weighted by molar-refractivity contribution is 7.98. The van der Waals surface area contributed by atoms with E-state index in [-0.39, 0.29) is 5.91 Å². The van der Waals surface area contributed by atoms with Crippen molar-refractivity contribution >= 4 is 35.0 Å². The van der Waals surface area contributed by atoms with Gasteiger partial charge < -0.3 is 9.73 Å². The van der Waals surface area contributed by atoms with Crippen LogP contribution in [0.15, 0.2) is 76.2 Å². The zero-order valence-electron chi connectivity index (χ0n) is 12.2. The first-order valence-electron chi connectivity index (χ1n) is 7.04. The Hall–Kier alpha value is -2.17. The largest absolute Gasteiger partial charge is 0.468 e. The standard InChI is InChI=1S/C18H14ClNO2S/c19-15-8-2-3-9-16(15)20-18(21)14-7-1-4-10-17(14)23-12-13-6-5-11-22-13/h1-11H,12H2,(H,20,21). The summed E-state index contributed by atoms with van der Waals surface area (Å²) in [5.41, 5.74) is 1.22. The molecule has 5 heteroatoms. The van der Waals surface area contributed by atoms with Gasteiger partial charge in [0.05, 0.1) is 28.3 Å². The second-order valence-electron chi connectivity index (χ2n) is 4.80. The molecule has 0 saturated carbocycles. The monoisotopic (exact) mass is 343 g/mol. The van der Waals surface area contributed by atoms with Gasteiger partial charge in [-0.05, 0) is 36.4 Å². The molecule has 1 heterocycles.